The van der Waals surface area contributed by atoms with Crippen LogP contribution in [0, 0.1) is 11.3 Å². The van der Waals surface area contributed by atoms with E-state index in [-0.39, 0.29) is 24.0 Å². The van der Waals surface area contributed by atoms with E-state index >= 15 is 0 Å². The van der Waals surface area contributed by atoms with Gasteiger partial charge in [-0.05, 0) is 51.5 Å². The maximum absolute atomic E-state index is 5.02. The van der Waals surface area contributed by atoms with Crippen LogP contribution >= 0.6 is 24.0 Å². The molecule has 1 aliphatic carbocycles. The van der Waals surface area contributed by atoms with Crippen molar-refractivity contribution in [2.75, 3.05) is 52.9 Å². The monoisotopic (exact) mass is 493 g/mol. The third-order valence-electron chi connectivity index (χ3n) is 6.15. The van der Waals surface area contributed by atoms with Crippen LogP contribution in [0.15, 0.2) is 4.99 Å². The van der Waals surface area contributed by atoms with Gasteiger partial charge in [-0.15, -0.1) is 24.0 Å². The van der Waals surface area contributed by atoms with Crippen molar-refractivity contribution < 1.29 is 0 Å². The van der Waals surface area contributed by atoms with Crippen LogP contribution in [0.5, 0.6) is 0 Å². The van der Waals surface area contributed by atoms with Crippen molar-refractivity contribution in [3.05, 3.63) is 0 Å². The fourth-order valence-corrected chi connectivity index (χ4v) is 4.64. The first-order valence-corrected chi connectivity index (χ1v) is 10.9. The normalized spacial score (nSPS) is 22.5. The minimum atomic E-state index is 0. The molecule has 1 saturated carbocycles. The second kappa shape index (κ2) is 12.5. The first-order chi connectivity index (χ1) is 12.4. The smallest absolute Gasteiger partial charge is 0.191 e. The van der Waals surface area contributed by atoms with Gasteiger partial charge < -0.3 is 15.5 Å². The van der Waals surface area contributed by atoms with Gasteiger partial charge in [-0.25, -0.2) is 0 Å². The third-order valence-corrected chi connectivity index (χ3v) is 6.15. The summed E-state index contributed by atoms with van der Waals surface area (Å²) in [5.41, 5.74) is 0.444. The zero-order valence-electron chi connectivity index (χ0n) is 18.4. The number of hydrogen-bond donors (Lipinski definition) is 2. The van der Waals surface area contributed by atoms with Gasteiger partial charge in [0.05, 0.1) is 0 Å². The van der Waals surface area contributed by atoms with Gasteiger partial charge in [0.15, 0.2) is 5.96 Å². The standard InChI is InChI=1S/C21H43N5.HI/c1-6-22-20(23-16-19(4)26-13-11-25(5)12-14-26)24-17-21(15-18(2)3)9-7-8-10-21;/h18-19H,6-17H2,1-5H3,(H2,22,23,24);1H. The van der Waals surface area contributed by atoms with E-state index in [0.717, 1.165) is 31.5 Å². The first kappa shape index (κ1) is 25.0. The summed E-state index contributed by atoms with van der Waals surface area (Å²) in [5, 5.41) is 7.06. The highest BCUT2D eigenvalue weighted by molar-refractivity contribution is 14.0. The van der Waals surface area contributed by atoms with Gasteiger partial charge in [-0.3, -0.25) is 9.89 Å². The molecular weight excluding hydrogens is 449 g/mol. The largest absolute Gasteiger partial charge is 0.357 e. The van der Waals surface area contributed by atoms with Crippen LogP contribution < -0.4 is 10.6 Å². The molecule has 1 heterocycles. The molecule has 2 fully saturated rings. The summed E-state index contributed by atoms with van der Waals surface area (Å²) in [4.78, 5) is 10.0. The zero-order valence-corrected chi connectivity index (χ0v) is 20.7. The number of aliphatic imine (C=N–C) groups is 1. The van der Waals surface area contributed by atoms with Crippen LogP contribution in [0.4, 0.5) is 0 Å². The SMILES string of the molecule is CCNC(=NCC1(CC(C)C)CCCC1)NCC(C)N1CCN(C)CC1.I. The maximum Gasteiger partial charge on any atom is 0.191 e. The van der Waals surface area contributed by atoms with Gasteiger partial charge in [0.2, 0.25) is 0 Å². The summed E-state index contributed by atoms with van der Waals surface area (Å²) in [6, 6.07) is 0.545. The second-order valence-corrected chi connectivity index (χ2v) is 9.07. The lowest BCUT2D eigenvalue weighted by molar-refractivity contribution is 0.120. The Morgan fingerprint density at radius 3 is 2.22 bits per heavy atom. The fraction of sp³-hybridized carbons (Fsp3) is 0.952. The van der Waals surface area contributed by atoms with Gasteiger partial charge in [0.1, 0.15) is 0 Å². The molecule has 6 heteroatoms. The van der Waals surface area contributed by atoms with Gasteiger partial charge in [0.25, 0.3) is 0 Å². The van der Waals surface area contributed by atoms with E-state index in [1.165, 1.54) is 58.3 Å². The van der Waals surface area contributed by atoms with E-state index in [4.69, 9.17) is 4.99 Å². The van der Waals surface area contributed by atoms with Crippen molar-refractivity contribution in [2.45, 2.75) is 65.8 Å². The molecule has 1 atom stereocenters. The number of guanidine groups is 1. The molecule has 0 aromatic carbocycles. The molecule has 0 spiro atoms. The number of rotatable bonds is 8. The summed E-state index contributed by atoms with van der Waals surface area (Å²) in [6.07, 6.45) is 6.78. The number of nitrogens with one attached hydrogen (secondary N) is 2. The van der Waals surface area contributed by atoms with E-state index in [1.54, 1.807) is 0 Å². The van der Waals surface area contributed by atoms with Gasteiger partial charge in [0, 0.05) is 51.9 Å². The Hall–Kier alpha value is -0.0800. The molecule has 1 saturated heterocycles. The number of nitrogens with zero attached hydrogens (tertiary/aromatic N) is 3. The van der Waals surface area contributed by atoms with Crippen molar-refractivity contribution in [1.82, 2.24) is 20.4 Å². The van der Waals surface area contributed by atoms with Crippen molar-refractivity contribution in [1.29, 1.82) is 0 Å². The Morgan fingerprint density at radius 2 is 1.67 bits per heavy atom. The summed E-state index contributed by atoms with van der Waals surface area (Å²) < 4.78 is 0. The lowest BCUT2D eigenvalue weighted by Crippen LogP contribution is -2.52. The summed E-state index contributed by atoms with van der Waals surface area (Å²) in [6.45, 7) is 16.7. The molecule has 0 radical (unpaired) electrons. The molecular formula is C21H44IN5. The van der Waals surface area contributed by atoms with Crippen molar-refractivity contribution >= 4 is 29.9 Å². The third kappa shape index (κ3) is 8.44. The van der Waals surface area contributed by atoms with E-state index < -0.39 is 0 Å². The van der Waals surface area contributed by atoms with Gasteiger partial charge in [-0.1, -0.05) is 26.7 Å². The average molecular weight is 494 g/mol. The Balaban J connectivity index is 0.00000364. The predicted octanol–water partition coefficient (Wildman–Crippen LogP) is 3.40. The molecule has 2 aliphatic rings. The summed E-state index contributed by atoms with van der Waals surface area (Å²) in [5.74, 6) is 1.76. The quantitative estimate of drug-likeness (QED) is 0.309. The van der Waals surface area contributed by atoms with Gasteiger partial charge in [-0.2, -0.15) is 0 Å². The summed E-state index contributed by atoms with van der Waals surface area (Å²) in [7, 11) is 2.21. The lowest BCUT2D eigenvalue weighted by Gasteiger charge is -2.36. The molecule has 0 aromatic heterocycles. The molecule has 2 N–H and O–H groups in total. The topological polar surface area (TPSA) is 42.9 Å². The predicted molar refractivity (Wildman–Crippen MR) is 128 cm³/mol. The van der Waals surface area contributed by atoms with Crippen molar-refractivity contribution in [3.63, 3.8) is 0 Å². The van der Waals surface area contributed by atoms with Crippen LogP contribution in [0.2, 0.25) is 0 Å². The van der Waals surface area contributed by atoms with E-state index in [9.17, 15) is 0 Å². The average Bonchev–Trinajstić information content (AvgIpc) is 3.05. The Labute approximate surface area is 185 Å². The highest BCUT2D eigenvalue weighted by atomic mass is 127. The minimum Gasteiger partial charge on any atom is -0.357 e. The van der Waals surface area contributed by atoms with Crippen LogP contribution in [0.3, 0.4) is 0 Å². The van der Waals surface area contributed by atoms with E-state index in [1.807, 2.05) is 0 Å². The molecule has 0 aromatic rings. The van der Waals surface area contributed by atoms with E-state index in [0.29, 0.717) is 11.5 Å². The molecule has 27 heavy (non-hydrogen) atoms. The number of hydrogen-bond acceptors (Lipinski definition) is 3. The Kier molecular flexibility index (Phi) is 11.5. The highest BCUT2D eigenvalue weighted by Crippen LogP contribution is 2.43. The highest BCUT2D eigenvalue weighted by Gasteiger charge is 2.34. The molecule has 0 bridgehead atoms. The molecule has 5 nitrogen and oxygen atoms in total. The van der Waals surface area contributed by atoms with Crippen molar-refractivity contribution in [3.8, 4) is 0 Å². The number of halogens is 1. The lowest BCUT2D eigenvalue weighted by atomic mass is 9.78. The summed E-state index contributed by atoms with van der Waals surface area (Å²) >= 11 is 0. The first-order valence-electron chi connectivity index (χ1n) is 10.9. The molecule has 1 aliphatic heterocycles. The molecule has 2 rings (SSSR count). The van der Waals surface area contributed by atoms with Crippen LogP contribution in [0.1, 0.15) is 59.8 Å². The maximum atomic E-state index is 5.02. The minimum absolute atomic E-state index is 0. The van der Waals surface area contributed by atoms with Crippen LogP contribution in [0.25, 0.3) is 0 Å². The molecule has 0 amide bonds. The number of piperazine rings is 1. The van der Waals surface area contributed by atoms with E-state index in [2.05, 4.69) is 55.2 Å². The Morgan fingerprint density at radius 1 is 1.04 bits per heavy atom. The second-order valence-electron chi connectivity index (χ2n) is 9.07. The Bertz CT molecular complexity index is 426. The number of likely N-dealkylation sites (N-methyl/N-ethyl adjacent to an activating group) is 1. The van der Waals surface area contributed by atoms with Crippen molar-refractivity contribution in [2.24, 2.45) is 16.3 Å². The van der Waals surface area contributed by atoms with Crippen LogP contribution in [-0.2, 0) is 0 Å². The zero-order chi connectivity index (χ0) is 19.0. The molecule has 1 unspecified atom stereocenters. The fourth-order valence-electron chi connectivity index (χ4n) is 4.64. The van der Waals surface area contributed by atoms with Gasteiger partial charge >= 0.3 is 0 Å². The molecule has 160 valence electrons. The van der Waals surface area contributed by atoms with Crippen LogP contribution in [-0.4, -0.2) is 74.7 Å².